The zero-order valence-corrected chi connectivity index (χ0v) is 10.0. The smallest absolute Gasteiger partial charge is 0.195 e. The summed E-state index contributed by atoms with van der Waals surface area (Å²) in [6, 6.07) is 0. The fourth-order valence-electron chi connectivity index (χ4n) is 0.762. The predicted octanol–water partition coefficient (Wildman–Crippen LogP) is 0.572. The van der Waals surface area contributed by atoms with Crippen molar-refractivity contribution in [2.75, 3.05) is 38.9 Å². The average molecular weight is 249 g/mol. The Balaban J connectivity index is 4.52. The fourth-order valence-corrected chi connectivity index (χ4v) is 2.48. The van der Waals surface area contributed by atoms with Crippen molar-refractivity contribution in [2.24, 2.45) is 0 Å². The van der Waals surface area contributed by atoms with Gasteiger partial charge >= 0.3 is 0 Å². The number of hydrogen-bond donors (Lipinski definition) is 0. The second-order valence-corrected chi connectivity index (χ2v) is 5.47. The van der Waals surface area contributed by atoms with Crippen LogP contribution < -0.4 is 0 Å². The minimum Gasteiger partial charge on any atom is -0.195 e. The molecule has 0 aliphatic rings. The largest absolute Gasteiger partial charge is 0.281 e. The number of hydrogen-bond acceptors (Lipinski definition) is 2. The quantitative estimate of drug-likeness (QED) is 0.646. The van der Waals surface area contributed by atoms with Crippen LogP contribution in [-0.4, -0.2) is 56.0 Å². The second-order valence-electron chi connectivity index (χ2n) is 2.57. The Kier molecular flexibility index (Phi) is 6.24. The molecule has 4 nitrogen and oxygen atoms in total. The van der Waals surface area contributed by atoms with Crippen molar-refractivity contribution in [2.45, 2.75) is 0 Å². The highest BCUT2D eigenvalue weighted by Crippen LogP contribution is 2.04. The molecule has 0 N–H and O–H groups in total. The van der Waals surface area contributed by atoms with E-state index in [0.717, 1.165) is 4.31 Å². The molecular weight excluding hydrogens is 235 g/mol. The van der Waals surface area contributed by atoms with Crippen LogP contribution in [0.5, 0.6) is 0 Å². The molecule has 7 heteroatoms. The maximum Gasteiger partial charge on any atom is 0.281 e. The second kappa shape index (κ2) is 6.03. The Bertz CT molecular complexity index is 225. The first-order chi connectivity index (χ1) is 5.96. The monoisotopic (exact) mass is 248 g/mol. The summed E-state index contributed by atoms with van der Waals surface area (Å²) in [6.45, 7) is 0.573. The van der Waals surface area contributed by atoms with Gasteiger partial charge in [0, 0.05) is 38.9 Å². The third-order valence-electron chi connectivity index (χ3n) is 1.46. The summed E-state index contributed by atoms with van der Waals surface area (Å²) < 4.78 is 25.5. The lowest BCUT2D eigenvalue weighted by Crippen LogP contribution is -2.42. The van der Waals surface area contributed by atoms with Gasteiger partial charge in [-0.05, 0) is 0 Å². The molecule has 0 fully saturated rings. The molecule has 0 aliphatic heterocycles. The van der Waals surface area contributed by atoms with Gasteiger partial charge in [0.2, 0.25) is 0 Å². The van der Waals surface area contributed by atoms with Crippen LogP contribution in [0.2, 0.25) is 0 Å². The molecule has 0 bridgehead atoms. The van der Waals surface area contributed by atoms with Gasteiger partial charge in [0.25, 0.3) is 10.2 Å². The Morgan fingerprint density at radius 3 is 1.69 bits per heavy atom. The first kappa shape index (κ1) is 13.4. The molecule has 0 saturated heterocycles. The Morgan fingerprint density at radius 1 is 1.08 bits per heavy atom. The first-order valence-corrected chi connectivity index (χ1v) is 6.23. The van der Waals surface area contributed by atoms with Crippen LogP contribution in [0.3, 0.4) is 0 Å². The molecule has 80 valence electrons. The van der Waals surface area contributed by atoms with Crippen molar-refractivity contribution < 1.29 is 8.42 Å². The highest BCUT2D eigenvalue weighted by Gasteiger charge is 2.22. The van der Waals surface area contributed by atoms with Crippen LogP contribution in [0, 0.1) is 0 Å². The topological polar surface area (TPSA) is 40.6 Å². The van der Waals surface area contributed by atoms with Crippen LogP contribution in [0.15, 0.2) is 0 Å². The van der Waals surface area contributed by atoms with Gasteiger partial charge in [0.05, 0.1) is 0 Å². The Morgan fingerprint density at radius 2 is 1.46 bits per heavy atom. The van der Waals surface area contributed by atoms with Crippen LogP contribution in [-0.2, 0) is 10.2 Å². The van der Waals surface area contributed by atoms with Gasteiger partial charge in [-0.1, -0.05) is 0 Å². The van der Waals surface area contributed by atoms with Crippen LogP contribution >= 0.6 is 23.2 Å². The van der Waals surface area contributed by atoms with E-state index in [0.29, 0.717) is 0 Å². The van der Waals surface area contributed by atoms with Crippen molar-refractivity contribution in [3.05, 3.63) is 0 Å². The third-order valence-corrected chi connectivity index (χ3v) is 3.73. The molecule has 0 heterocycles. The van der Waals surface area contributed by atoms with Crippen LogP contribution in [0.4, 0.5) is 0 Å². The predicted molar refractivity (Wildman–Crippen MR) is 55.6 cm³/mol. The van der Waals surface area contributed by atoms with E-state index in [1.807, 2.05) is 0 Å². The zero-order valence-electron chi connectivity index (χ0n) is 7.70. The van der Waals surface area contributed by atoms with Gasteiger partial charge in [-0.3, -0.25) is 0 Å². The van der Waals surface area contributed by atoms with Crippen molar-refractivity contribution in [3.63, 3.8) is 0 Å². The number of rotatable bonds is 6. The molecular formula is C6H14Cl2N2O2S. The van der Waals surface area contributed by atoms with E-state index in [1.54, 1.807) is 0 Å². The van der Waals surface area contributed by atoms with E-state index in [4.69, 9.17) is 23.2 Å². The van der Waals surface area contributed by atoms with E-state index >= 15 is 0 Å². The molecule has 0 rings (SSSR count). The lowest BCUT2D eigenvalue weighted by Gasteiger charge is -2.23. The summed E-state index contributed by atoms with van der Waals surface area (Å²) >= 11 is 11.0. The minimum absolute atomic E-state index is 0.268. The first-order valence-electron chi connectivity index (χ1n) is 3.76. The van der Waals surface area contributed by atoms with Crippen molar-refractivity contribution in [1.29, 1.82) is 0 Å². The van der Waals surface area contributed by atoms with Gasteiger partial charge in [-0.25, -0.2) is 0 Å². The van der Waals surface area contributed by atoms with Gasteiger partial charge in [0.1, 0.15) is 0 Å². The molecule has 0 aliphatic carbocycles. The maximum atomic E-state index is 11.5. The third kappa shape index (κ3) is 3.99. The van der Waals surface area contributed by atoms with Gasteiger partial charge < -0.3 is 0 Å². The van der Waals surface area contributed by atoms with E-state index in [1.165, 1.54) is 18.4 Å². The molecule has 0 unspecified atom stereocenters. The number of alkyl halides is 2. The minimum atomic E-state index is -3.37. The molecule has 0 amide bonds. The molecule has 0 saturated carbocycles. The van der Waals surface area contributed by atoms with Crippen molar-refractivity contribution >= 4 is 33.4 Å². The molecule has 0 atom stereocenters. The fraction of sp³-hybridized carbons (Fsp3) is 1.00. The highest BCUT2D eigenvalue weighted by atomic mass is 35.5. The van der Waals surface area contributed by atoms with Gasteiger partial charge in [-0.2, -0.15) is 17.0 Å². The maximum absolute atomic E-state index is 11.5. The zero-order chi connectivity index (χ0) is 10.5. The van der Waals surface area contributed by atoms with E-state index < -0.39 is 10.2 Å². The lowest BCUT2D eigenvalue weighted by atomic mass is 10.7. The van der Waals surface area contributed by atoms with E-state index in [9.17, 15) is 8.42 Å². The standard InChI is InChI=1S/C6H14Cl2N2O2S/c1-9(2)13(11,12)10(5-3-7)6-4-8/h3-6H2,1-2H3. The molecule has 0 spiro atoms. The number of nitrogens with zero attached hydrogens (tertiary/aromatic N) is 2. The number of halogens is 2. The summed E-state index contributed by atoms with van der Waals surface area (Å²) in [4.78, 5) is 0. The summed E-state index contributed by atoms with van der Waals surface area (Å²) in [6.07, 6.45) is 0. The van der Waals surface area contributed by atoms with Gasteiger partial charge in [0.15, 0.2) is 0 Å². The van der Waals surface area contributed by atoms with Crippen LogP contribution in [0.1, 0.15) is 0 Å². The van der Waals surface area contributed by atoms with E-state index in [2.05, 4.69) is 0 Å². The summed E-state index contributed by atoms with van der Waals surface area (Å²) in [5.41, 5.74) is 0. The Labute approximate surface area is 89.6 Å². The van der Waals surface area contributed by atoms with Gasteiger partial charge in [-0.15, -0.1) is 23.2 Å². The normalized spacial score (nSPS) is 12.8. The SMILES string of the molecule is CN(C)S(=O)(=O)N(CCCl)CCCl. The summed E-state index contributed by atoms with van der Waals surface area (Å²) in [5.74, 6) is 0.536. The average Bonchev–Trinajstić information content (AvgIpc) is 2.03. The summed E-state index contributed by atoms with van der Waals surface area (Å²) in [5, 5.41) is 0. The van der Waals surface area contributed by atoms with Crippen LogP contribution in [0.25, 0.3) is 0 Å². The molecule has 0 radical (unpaired) electrons. The van der Waals surface area contributed by atoms with E-state index in [-0.39, 0.29) is 24.8 Å². The Hall–Kier alpha value is 0.450. The highest BCUT2D eigenvalue weighted by molar-refractivity contribution is 7.86. The van der Waals surface area contributed by atoms with Crippen molar-refractivity contribution in [1.82, 2.24) is 8.61 Å². The molecule has 0 aromatic heterocycles. The molecule has 0 aromatic rings. The summed E-state index contributed by atoms with van der Waals surface area (Å²) in [7, 11) is -0.412. The molecule has 13 heavy (non-hydrogen) atoms. The lowest BCUT2D eigenvalue weighted by molar-refractivity contribution is 0.401. The van der Waals surface area contributed by atoms with Crippen molar-refractivity contribution in [3.8, 4) is 0 Å². The molecule has 0 aromatic carbocycles.